The fraction of sp³-hybridized carbons (Fsp3) is 0.235. The summed E-state index contributed by atoms with van der Waals surface area (Å²) in [5.74, 6) is 0.803. The van der Waals surface area contributed by atoms with E-state index in [0.29, 0.717) is 5.69 Å². The standard InChI is InChI=1S/C17H17N5OS/c23-17(13-4-1-2-7-18-13)19-12-6-8-22(11-12)16-10-14(20-21-16)15-5-3-9-24-15/h1-5,7,9-10,12H,6,8,11H2,(H,19,23)(H,20,21). The van der Waals surface area contributed by atoms with Crippen LogP contribution >= 0.6 is 11.3 Å². The van der Waals surface area contributed by atoms with Crippen LogP contribution in [0.25, 0.3) is 10.6 Å². The van der Waals surface area contributed by atoms with E-state index in [0.717, 1.165) is 31.0 Å². The van der Waals surface area contributed by atoms with Gasteiger partial charge in [0.2, 0.25) is 0 Å². The molecule has 4 rings (SSSR count). The van der Waals surface area contributed by atoms with Crippen molar-refractivity contribution >= 4 is 23.1 Å². The number of amides is 1. The molecule has 1 unspecified atom stereocenters. The molecule has 0 aromatic carbocycles. The van der Waals surface area contributed by atoms with Crippen LogP contribution in [0.2, 0.25) is 0 Å². The van der Waals surface area contributed by atoms with E-state index in [9.17, 15) is 4.79 Å². The Morgan fingerprint density at radius 3 is 3.08 bits per heavy atom. The van der Waals surface area contributed by atoms with E-state index < -0.39 is 0 Å². The first kappa shape index (κ1) is 14.9. The number of carbonyl (C=O) groups excluding carboxylic acids is 1. The molecule has 1 atom stereocenters. The predicted molar refractivity (Wildman–Crippen MR) is 94.2 cm³/mol. The molecule has 0 saturated carbocycles. The maximum absolute atomic E-state index is 12.2. The second-order valence-corrected chi connectivity index (χ2v) is 6.68. The van der Waals surface area contributed by atoms with E-state index in [1.807, 2.05) is 12.1 Å². The fourth-order valence-corrected chi connectivity index (χ4v) is 3.57. The Bertz CT molecular complexity index is 815. The highest BCUT2D eigenvalue weighted by atomic mass is 32.1. The third-order valence-electron chi connectivity index (χ3n) is 4.10. The highest BCUT2D eigenvalue weighted by Gasteiger charge is 2.26. The number of H-pyrrole nitrogens is 1. The van der Waals surface area contributed by atoms with Crippen molar-refractivity contribution in [1.29, 1.82) is 0 Å². The van der Waals surface area contributed by atoms with Gasteiger partial charge in [0, 0.05) is 31.4 Å². The number of carbonyl (C=O) groups is 1. The summed E-state index contributed by atoms with van der Waals surface area (Å²) < 4.78 is 0. The van der Waals surface area contributed by atoms with Gasteiger partial charge in [0.05, 0.1) is 10.6 Å². The Labute approximate surface area is 143 Å². The summed E-state index contributed by atoms with van der Waals surface area (Å²) >= 11 is 1.68. The molecule has 1 saturated heterocycles. The number of rotatable bonds is 4. The van der Waals surface area contributed by atoms with Crippen LogP contribution < -0.4 is 10.2 Å². The smallest absolute Gasteiger partial charge is 0.270 e. The number of nitrogens with one attached hydrogen (secondary N) is 2. The van der Waals surface area contributed by atoms with Crippen LogP contribution in [0.15, 0.2) is 48.0 Å². The van der Waals surface area contributed by atoms with Crippen molar-refractivity contribution in [2.24, 2.45) is 0 Å². The molecule has 1 aliphatic rings. The molecule has 4 heterocycles. The van der Waals surface area contributed by atoms with Crippen LogP contribution in [-0.2, 0) is 0 Å². The first-order chi connectivity index (χ1) is 11.8. The van der Waals surface area contributed by atoms with Crippen LogP contribution in [0.4, 0.5) is 5.82 Å². The van der Waals surface area contributed by atoms with Crippen LogP contribution in [0.3, 0.4) is 0 Å². The lowest BCUT2D eigenvalue weighted by Crippen LogP contribution is -2.37. The molecule has 1 aliphatic heterocycles. The Hall–Kier alpha value is -2.67. The highest BCUT2D eigenvalue weighted by Crippen LogP contribution is 2.27. The van der Waals surface area contributed by atoms with E-state index in [1.165, 1.54) is 4.88 Å². The average Bonchev–Trinajstić information content (AvgIpc) is 3.36. The van der Waals surface area contributed by atoms with Gasteiger partial charge in [-0.25, -0.2) is 0 Å². The summed E-state index contributed by atoms with van der Waals surface area (Å²) in [5, 5.41) is 12.6. The van der Waals surface area contributed by atoms with Gasteiger partial charge in [0.1, 0.15) is 5.69 Å². The zero-order valence-corrected chi connectivity index (χ0v) is 13.8. The van der Waals surface area contributed by atoms with E-state index in [1.54, 1.807) is 29.7 Å². The maximum atomic E-state index is 12.2. The normalized spacial score (nSPS) is 17.2. The molecule has 0 bridgehead atoms. The van der Waals surface area contributed by atoms with Crippen LogP contribution in [-0.4, -0.2) is 40.2 Å². The number of aromatic nitrogens is 3. The van der Waals surface area contributed by atoms with Gasteiger partial charge in [-0.15, -0.1) is 11.3 Å². The summed E-state index contributed by atoms with van der Waals surface area (Å²) in [6, 6.07) is 11.6. The lowest BCUT2D eigenvalue weighted by atomic mass is 10.2. The Morgan fingerprint density at radius 1 is 1.33 bits per heavy atom. The molecule has 2 N–H and O–H groups in total. The molecule has 6 nitrogen and oxygen atoms in total. The highest BCUT2D eigenvalue weighted by molar-refractivity contribution is 7.13. The molecule has 1 amide bonds. The first-order valence-electron chi connectivity index (χ1n) is 7.86. The van der Waals surface area contributed by atoms with Gasteiger partial charge in [0.25, 0.3) is 5.91 Å². The number of pyridine rings is 1. The molecular formula is C17H17N5OS. The molecule has 0 aliphatic carbocycles. The lowest BCUT2D eigenvalue weighted by Gasteiger charge is -2.15. The fourth-order valence-electron chi connectivity index (χ4n) is 2.87. The van der Waals surface area contributed by atoms with Gasteiger partial charge in [0.15, 0.2) is 5.82 Å². The second-order valence-electron chi connectivity index (χ2n) is 5.74. The summed E-state index contributed by atoms with van der Waals surface area (Å²) in [6.45, 7) is 1.63. The van der Waals surface area contributed by atoms with Crippen LogP contribution in [0.1, 0.15) is 16.9 Å². The topological polar surface area (TPSA) is 73.9 Å². The van der Waals surface area contributed by atoms with E-state index in [4.69, 9.17) is 0 Å². The molecule has 0 spiro atoms. The van der Waals surface area contributed by atoms with Crippen molar-refractivity contribution in [2.75, 3.05) is 18.0 Å². The third kappa shape index (κ3) is 3.03. The van der Waals surface area contributed by atoms with Crippen molar-refractivity contribution < 1.29 is 4.79 Å². The molecule has 0 radical (unpaired) electrons. The minimum atomic E-state index is -0.122. The summed E-state index contributed by atoms with van der Waals surface area (Å²) in [5.41, 5.74) is 1.48. The third-order valence-corrected chi connectivity index (χ3v) is 5.00. The number of hydrogen-bond donors (Lipinski definition) is 2. The Kier molecular flexibility index (Phi) is 4.00. The molecule has 122 valence electrons. The van der Waals surface area contributed by atoms with Gasteiger partial charge in [-0.1, -0.05) is 12.1 Å². The predicted octanol–water partition coefficient (Wildman–Crippen LogP) is 2.54. The van der Waals surface area contributed by atoms with Crippen molar-refractivity contribution in [1.82, 2.24) is 20.5 Å². The number of anilines is 1. The number of hydrogen-bond acceptors (Lipinski definition) is 5. The molecule has 7 heteroatoms. The van der Waals surface area contributed by atoms with Crippen molar-refractivity contribution in [3.8, 4) is 10.6 Å². The van der Waals surface area contributed by atoms with Crippen molar-refractivity contribution in [3.05, 3.63) is 53.7 Å². The monoisotopic (exact) mass is 339 g/mol. The Morgan fingerprint density at radius 2 is 2.29 bits per heavy atom. The SMILES string of the molecule is O=C(NC1CCN(c2cc(-c3cccs3)[nH]n2)C1)c1ccccn1. The summed E-state index contributed by atoms with van der Waals surface area (Å²) in [4.78, 5) is 19.6. The van der Waals surface area contributed by atoms with Crippen LogP contribution in [0, 0.1) is 0 Å². The average molecular weight is 339 g/mol. The minimum absolute atomic E-state index is 0.112. The first-order valence-corrected chi connectivity index (χ1v) is 8.74. The second kappa shape index (κ2) is 6.45. The molecular weight excluding hydrogens is 322 g/mol. The van der Waals surface area contributed by atoms with Crippen molar-refractivity contribution in [3.63, 3.8) is 0 Å². The largest absolute Gasteiger partial charge is 0.353 e. The molecule has 3 aromatic rings. The lowest BCUT2D eigenvalue weighted by molar-refractivity contribution is 0.0935. The summed E-state index contributed by atoms with van der Waals surface area (Å²) in [6.07, 6.45) is 2.53. The van der Waals surface area contributed by atoms with Gasteiger partial charge in [-0.2, -0.15) is 5.10 Å². The maximum Gasteiger partial charge on any atom is 0.270 e. The van der Waals surface area contributed by atoms with Gasteiger partial charge < -0.3 is 10.2 Å². The van der Waals surface area contributed by atoms with E-state index in [2.05, 4.69) is 42.9 Å². The summed E-state index contributed by atoms with van der Waals surface area (Å²) in [7, 11) is 0. The minimum Gasteiger partial charge on any atom is -0.353 e. The Balaban J connectivity index is 1.39. The van der Waals surface area contributed by atoms with Gasteiger partial charge in [-0.05, 0) is 30.0 Å². The zero-order valence-electron chi connectivity index (χ0n) is 13.0. The van der Waals surface area contributed by atoms with Gasteiger partial charge in [-0.3, -0.25) is 14.9 Å². The van der Waals surface area contributed by atoms with Gasteiger partial charge >= 0.3 is 0 Å². The molecule has 1 fully saturated rings. The number of thiophene rings is 1. The van der Waals surface area contributed by atoms with E-state index in [-0.39, 0.29) is 11.9 Å². The molecule has 3 aromatic heterocycles. The number of aromatic amines is 1. The van der Waals surface area contributed by atoms with E-state index >= 15 is 0 Å². The zero-order chi connectivity index (χ0) is 16.4. The van der Waals surface area contributed by atoms with Crippen molar-refractivity contribution in [2.45, 2.75) is 12.5 Å². The number of nitrogens with zero attached hydrogens (tertiary/aromatic N) is 3. The van der Waals surface area contributed by atoms with Crippen LogP contribution in [0.5, 0.6) is 0 Å². The quantitative estimate of drug-likeness (QED) is 0.766. The molecule has 24 heavy (non-hydrogen) atoms.